The van der Waals surface area contributed by atoms with E-state index in [4.69, 9.17) is 21.1 Å². The molecule has 0 N–H and O–H groups in total. The zero-order chi connectivity index (χ0) is 28.0. The quantitative estimate of drug-likeness (QED) is 0.191. The summed E-state index contributed by atoms with van der Waals surface area (Å²) in [5.74, 6) is -0.268. The molecular formula is C25H28ClN5O7S. The Labute approximate surface area is 230 Å². The zero-order valence-corrected chi connectivity index (χ0v) is 22.8. The molecule has 0 amide bonds. The van der Waals surface area contributed by atoms with Gasteiger partial charge in [0.25, 0.3) is 5.69 Å². The lowest BCUT2D eigenvalue weighted by Gasteiger charge is -2.35. The van der Waals surface area contributed by atoms with Crippen molar-refractivity contribution in [3.05, 3.63) is 85.8 Å². The second kappa shape index (κ2) is 12.6. The largest absolute Gasteiger partial charge is 0.484 e. The Kier molecular flexibility index (Phi) is 9.17. The highest BCUT2D eigenvalue weighted by atomic mass is 35.5. The highest BCUT2D eigenvalue weighted by Crippen LogP contribution is 2.27. The number of aromatic nitrogens is 2. The van der Waals surface area contributed by atoms with Gasteiger partial charge in [0.2, 0.25) is 15.8 Å². The monoisotopic (exact) mass is 577 g/mol. The molecule has 39 heavy (non-hydrogen) atoms. The molecule has 0 bridgehead atoms. The lowest BCUT2D eigenvalue weighted by molar-refractivity contribution is -0.384. The lowest BCUT2D eigenvalue weighted by Crippen LogP contribution is -2.49. The van der Waals surface area contributed by atoms with Crippen LogP contribution in [0.2, 0.25) is 5.02 Å². The van der Waals surface area contributed by atoms with E-state index in [1.165, 1.54) is 33.4 Å². The number of nitro groups is 1. The van der Waals surface area contributed by atoms with Crippen LogP contribution in [0.15, 0.2) is 59.5 Å². The summed E-state index contributed by atoms with van der Waals surface area (Å²) in [5, 5.41) is 15.8. The van der Waals surface area contributed by atoms with Crippen LogP contribution in [0.4, 0.5) is 11.4 Å². The fourth-order valence-corrected chi connectivity index (χ4v) is 5.89. The third-order valence-electron chi connectivity index (χ3n) is 6.09. The van der Waals surface area contributed by atoms with Crippen molar-refractivity contribution in [2.45, 2.75) is 12.7 Å². The third kappa shape index (κ3) is 6.92. The Bertz CT molecular complexity index is 1490. The van der Waals surface area contributed by atoms with Crippen LogP contribution < -0.4 is 15.2 Å². The van der Waals surface area contributed by atoms with Gasteiger partial charge >= 0.3 is 5.56 Å². The first-order valence-corrected chi connectivity index (χ1v) is 14.2. The molecule has 1 aromatic heterocycles. The SMILES string of the molecule is CCOCCOc1c(N2CCN(S(=O)(=O)Cc3cccc([N+](=O)[O-])c3)CC2)cnn(-c2cccc(Cl)c2)c1=O. The molecular weight excluding hydrogens is 550 g/mol. The predicted octanol–water partition coefficient (Wildman–Crippen LogP) is 2.86. The molecule has 3 aromatic rings. The molecule has 0 unspecified atom stereocenters. The maximum absolute atomic E-state index is 13.4. The minimum absolute atomic E-state index is 0.0811. The van der Waals surface area contributed by atoms with Crippen molar-refractivity contribution < 1.29 is 22.8 Å². The molecule has 14 heteroatoms. The average molecular weight is 578 g/mol. The van der Waals surface area contributed by atoms with Gasteiger partial charge in [-0.2, -0.15) is 14.1 Å². The summed E-state index contributed by atoms with van der Waals surface area (Å²) >= 11 is 6.10. The van der Waals surface area contributed by atoms with Crippen molar-refractivity contribution in [3.8, 4) is 11.4 Å². The first-order valence-electron chi connectivity index (χ1n) is 12.2. The molecule has 1 fully saturated rings. The second-order valence-corrected chi connectivity index (χ2v) is 11.1. The Morgan fingerprint density at radius 3 is 2.51 bits per heavy atom. The Morgan fingerprint density at radius 2 is 1.82 bits per heavy atom. The molecule has 0 radical (unpaired) electrons. The van der Waals surface area contributed by atoms with Crippen molar-refractivity contribution in [1.82, 2.24) is 14.1 Å². The van der Waals surface area contributed by atoms with E-state index in [1.54, 1.807) is 30.3 Å². The molecule has 12 nitrogen and oxygen atoms in total. The molecule has 4 rings (SSSR count). The number of halogens is 1. The second-order valence-electron chi connectivity index (χ2n) is 8.67. The molecule has 208 valence electrons. The van der Waals surface area contributed by atoms with E-state index in [9.17, 15) is 23.3 Å². The minimum atomic E-state index is -3.73. The predicted molar refractivity (Wildman–Crippen MR) is 146 cm³/mol. The van der Waals surface area contributed by atoms with Crippen molar-refractivity contribution in [1.29, 1.82) is 0 Å². The van der Waals surface area contributed by atoms with Gasteiger partial charge in [-0.25, -0.2) is 8.42 Å². The lowest BCUT2D eigenvalue weighted by atomic mass is 10.2. The van der Waals surface area contributed by atoms with E-state index >= 15 is 0 Å². The van der Waals surface area contributed by atoms with E-state index < -0.39 is 20.5 Å². The number of nitro benzene ring substituents is 1. The molecule has 0 aliphatic carbocycles. The number of sulfonamides is 1. The van der Waals surface area contributed by atoms with E-state index in [-0.39, 0.29) is 50.0 Å². The van der Waals surface area contributed by atoms with Crippen LogP contribution in [0, 0.1) is 10.1 Å². The van der Waals surface area contributed by atoms with Gasteiger partial charge in [-0.15, -0.1) is 0 Å². The first kappa shape index (κ1) is 28.5. The number of ether oxygens (including phenoxy) is 2. The highest BCUT2D eigenvalue weighted by molar-refractivity contribution is 7.88. The van der Waals surface area contributed by atoms with Gasteiger partial charge in [0.15, 0.2) is 0 Å². The van der Waals surface area contributed by atoms with Crippen LogP contribution in [0.5, 0.6) is 5.75 Å². The van der Waals surface area contributed by atoms with E-state index in [2.05, 4.69) is 5.10 Å². The molecule has 1 aliphatic rings. The van der Waals surface area contributed by atoms with Crippen LogP contribution in [0.25, 0.3) is 5.69 Å². The van der Waals surface area contributed by atoms with E-state index in [0.29, 0.717) is 35.2 Å². The number of piperazine rings is 1. The maximum Gasteiger partial charge on any atom is 0.316 e. The minimum Gasteiger partial charge on any atom is -0.484 e. The molecule has 1 aliphatic heterocycles. The fourth-order valence-electron chi connectivity index (χ4n) is 4.20. The molecule has 1 saturated heterocycles. The van der Waals surface area contributed by atoms with Gasteiger partial charge in [-0.05, 0) is 30.7 Å². The summed E-state index contributed by atoms with van der Waals surface area (Å²) in [6, 6.07) is 12.3. The fraction of sp³-hybridized carbons (Fsp3) is 0.360. The van der Waals surface area contributed by atoms with E-state index in [1.807, 2.05) is 11.8 Å². The normalized spacial score (nSPS) is 14.4. The number of hydrogen-bond donors (Lipinski definition) is 0. The maximum atomic E-state index is 13.4. The van der Waals surface area contributed by atoms with Gasteiger partial charge in [-0.3, -0.25) is 14.9 Å². The van der Waals surface area contributed by atoms with Gasteiger partial charge in [0.05, 0.1) is 29.2 Å². The topological polar surface area (TPSA) is 137 Å². The third-order valence-corrected chi connectivity index (χ3v) is 8.17. The van der Waals surface area contributed by atoms with Crippen LogP contribution >= 0.6 is 11.6 Å². The summed E-state index contributed by atoms with van der Waals surface area (Å²) < 4.78 is 39.9. The van der Waals surface area contributed by atoms with Gasteiger partial charge in [0, 0.05) is 49.9 Å². The number of nitrogens with zero attached hydrogens (tertiary/aromatic N) is 5. The zero-order valence-electron chi connectivity index (χ0n) is 21.2. The average Bonchev–Trinajstić information content (AvgIpc) is 2.91. The number of non-ortho nitro benzene ring substituents is 1. The smallest absolute Gasteiger partial charge is 0.316 e. The summed E-state index contributed by atoms with van der Waals surface area (Å²) in [5.41, 5.74) is 0.623. The number of hydrogen-bond acceptors (Lipinski definition) is 9. The number of anilines is 1. The molecule has 2 aromatic carbocycles. The summed E-state index contributed by atoms with van der Waals surface area (Å²) in [6.45, 7) is 3.70. The van der Waals surface area contributed by atoms with Crippen LogP contribution in [0.1, 0.15) is 12.5 Å². The van der Waals surface area contributed by atoms with E-state index in [0.717, 1.165) is 0 Å². The van der Waals surface area contributed by atoms with Crippen molar-refractivity contribution in [2.24, 2.45) is 0 Å². The Hall–Kier alpha value is -3.52. The summed E-state index contributed by atoms with van der Waals surface area (Å²) in [7, 11) is -3.73. The van der Waals surface area contributed by atoms with Gasteiger partial charge in [0.1, 0.15) is 12.3 Å². The van der Waals surface area contributed by atoms with Gasteiger partial charge in [-0.1, -0.05) is 29.8 Å². The van der Waals surface area contributed by atoms with Gasteiger partial charge < -0.3 is 14.4 Å². The van der Waals surface area contributed by atoms with Crippen LogP contribution in [-0.2, 0) is 20.5 Å². The molecule has 0 saturated carbocycles. The first-order chi connectivity index (χ1) is 18.7. The van der Waals surface area contributed by atoms with Crippen molar-refractivity contribution in [3.63, 3.8) is 0 Å². The van der Waals surface area contributed by atoms with Crippen LogP contribution in [0.3, 0.4) is 0 Å². The number of benzene rings is 2. The summed E-state index contributed by atoms with van der Waals surface area (Å²) in [6.07, 6.45) is 1.52. The molecule has 2 heterocycles. The van der Waals surface area contributed by atoms with Crippen LogP contribution in [-0.4, -0.2) is 73.4 Å². The Balaban J connectivity index is 1.53. The standard InChI is InChI=1S/C25H28ClN5O7S/c1-2-37-13-14-38-24-23(17-27-30(25(24)32)21-7-4-6-20(26)16-21)28-9-11-29(12-10-28)39(35,36)18-19-5-3-8-22(15-19)31(33)34/h3-8,15-17H,2,9-14,18H2,1H3. The van der Waals surface area contributed by atoms with Crippen molar-refractivity contribution in [2.75, 3.05) is 50.9 Å². The highest BCUT2D eigenvalue weighted by Gasteiger charge is 2.30. The number of rotatable bonds is 11. The molecule has 0 spiro atoms. The summed E-state index contributed by atoms with van der Waals surface area (Å²) in [4.78, 5) is 25.8. The van der Waals surface area contributed by atoms with Crippen molar-refractivity contribution >= 4 is 33.0 Å². The molecule has 0 atom stereocenters. The Morgan fingerprint density at radius 1 is 1.08 bits per heavy atom.